The molecule has 3 rings (SSSR count). The zero-order valence-electron chi connectivity index (χ0n) is 8.01. The summed E-state index contributed by atoms with van der Waals surface area (Å²) in [5.41, 5.74) is -1.22. The van der Waals surface area contributed by atoms with Gasteiger partial charge in [0.25, 0.3) is 5.91 Å². The van der Waals surface area contributed by atoms with Crippen LogP contribution >= 0.6 is 0 Å². The molecule has 1 atom stereocenters. The molecule has 1 unspecified atom stereocenters. The van der Waals surface area contributed by atoms with E-state index in [4.69, 9.17) is 0 Å². The van der Waals surface area contributed by atoms with Gasteiger partial charge in [-0.1, -0.05) is 0 Å². The minimum atomic E-state index is -1.53. The molecule has 78 valence electrons. The molecule has 16 heavy (non-hydrogen) atoms. The predicted molar refractivity (Wildman–Crippen MR) is 54.6 cm³/mol. The van der Waals surface area contributed by atoms with Crippen molar-refractivity contribution in [3.63, 3.8) is 0 Å². The molecular weight excluding hydrogens is 210 g/mol. The fourth-order valence-electron chi connectivity index (χ4n) is 2.08. The first-order chi connectivity index (χ1) is 7.65. The number of carbonyl (C=O) groups is 3. The van der Waals surface area contributed by atoms with Crippen molar-refractivity contribution in [3.8, 4) is 0 Å². The molecule has 0 radical (unpaired) electrons. The summed E-state index contributed by atoms with van der Waals surface area (Å²) in [7, 11) is 0. The van der Waals surface area contributed by atoms with E-state index in [1.165, 1.54) is 18.5 Å². The lowest BCUT2D eigenvalue weighted by Crippen LogP contribution is -2.52. The molecule has 0 saturated heterocycles. The van der Waals surface area contributed by atoms with Crippen LogP contribution in [0.3, 0.4) is 0 Å². The van der Waals surface area contributed by atoms with Crippen LogP contribution < -0.4 is 0 Å². The molecular formula is C10H5N3O3. The van der Waals surface area contributed by atoms with Crippen LogP contribution in [0.4, 0.5) is 0 Å². The van der Waals surface area contributed by atoms with Crippen LogP contribution in [0.5, 0.6) is 0 Å². The second-order valence-electron chi connectivity index (χ2n) is 3.64. The lowest BCUT2D eigenvalue weighted by molar-refractivity contribution is -0.133. The summed E-state index contributed by atoms with van der Waals surface area (Å²) in [6, 6.07) is 0. The van der Waals surface area contributed by atoms with E-state index in [-0.39, 0.29) is 12.3 Å². The normalized spacial score (nSPS) is 31.1. The fourth-order valence-corrected chi connectivity index (χ4v) is 2.08. The summed E-state index contributed by atoms with van der Waals surface area (Å²) in [5.74, 6) is -1.52. The third-order valence-corrected chi connectivity index (χ3v) is 2.82. The average Bonchev–Trinajstić information content (AvgIpc) is 2.57. The first-order valence-corrected chi connectivity index (χ1v) is 4.64. The number of nitrogens with zero attached hydrogens (tertiary/aromatic N) is 3. The summed E-state index contributed by atoms with van der Waals surface area (Å²) in [6.45, 7) is 0. The van der Waals surface area contributed by atoms with Crippen molar-refractivity contribution in [1.29, 1.82) is 0 Å². The summed E-state index contributed by atoms with van der Waals surface area (Å²) in [4.78, 5) is 46.3. The maximum atomic E-state index is 11.9. The van der Waals surface area contributed by atoms with Gasteiger partial charge in [-0.25, -0.2) is 9.98 Å². The smallest absolute Gasteiger partial charge is 0.254 e. The third-order valence-electron chi connectivity index (χ3n) is 2.82. The zero-order valence-corrected chi connectivity index (χ0v) is 8.01. The largest absolute Gasteiger partial charge is 0.297 e. The van der Waals surface area contributed by atoms with Gasteiger partial charge in [0, 0.05) is 0 Å². The van der Waals surface area contributed by atoms with Gasteiger partial charge in [-0.05, 0) is 12.2 Å². The molecule has 0 saturated carbocycles. The van der Waals surface area contributed by atoms with Crippen LogP contribution in [0.15, 0.2) is 27.1 Å². The van der Waals surface area contributed by atoms with Gasteiger partial charge >= 0.3 is 0 Å². The minimum Gasteiger partial charge on any atom is -0.297 e. The van der Waals surface area contributed by atoms with Gasteiger partial charge in [0.1, 0.15) is 6.34 Å². The first kappa shape index (κ1) is 9.02. The molecule has 6 heteroatoms. The van der Waals surface area contributed by atoms with Gasteiger partial charge in [-0.2, -0.15) is 4.99 Å². The highest BCUT2D eigenvalue weighted by Gasteiger charge is 2.58. The molecule has 1 spiro atoms. The Kier molecular flexibility index (Phi) is 1.50. The zero-order chi connectivity index (χ0) is 11.3. The maximum Gasteiger partial charge on any atom is 0.254 e. The van der Waals surface area contributed by atoms with Crippen LogP contribution in [0.1, 0.15) is 6.42 Å². The quantitative estimate of drug-likeness (QED) is 0.510. The number of aliphatic imine (C=N–C) groups is 3. The lowest BCUT2D eigenvalue weighted by Gasteiger charge is -2.29. The monoisotopic (exact) mass is 215 g/mol. The molecule has 0 fully saturated rings. The molecule has 0 bridgehead atoms. The number of rotatable bonds is 0. The second kappa shape index (κ2) is 2.66. The van der Waals surface area contributed by atoms with Crippen LogP contribution in [-0.4, -0.2) is 35.4 Å². The van der Waals surface area contributed by atoms with Gasteiger partial charge < -0.3 is 0 Å². The molecule has 1 aliphatic carbocycles. The Morgan fingerprint density at radius 1 is 1.19 bits per heavy atom. The van der Waals surface area contributed by atoms with Gasteiger partial charge in [0.15, 0.2) is 22.8 Å². The lowest BCUT2D eigenvalue weighted by atomic mass is 9.74. The second-order valence-corrected chi connectivity index (χ2v) is 3.64. The molecule has 0 aromatic heterocycles. The number of amidine groups is 1. The number of allylic oxidation sites excluding steroid dienone is 2. The van der Waals surface area contributed by atoms with Gasteiger partial charge in [-0.3, -0.25) is 14.4 Å². The molecule has 6 nitrogen and oxygen atoms in total. The first-order valence-electron chi connectivity index (χ1n) is 4.64. The van der Waals surface area contributed by atoms with E-state index in [2.05, 4.69) is 15.0 Å². The standard InChI is InChI=1S/C10H5N3O3/c14-6-2-1-5-10(6)7(15)3-8(16)13-9(10)12-4-11-5/h1-2,4H,3H2. The van der Waals surface area contributed by atoms with Crippen molar-refractivity contribution in [2.75, 3.05) is 0 Å². The van der Waals surface area contributed by atoms with Crippen LogP contribution in [0.2, 0.25) is 0 Å². The number of Topliss-reactive ketones (excluding diaryl/α,β-unsaturated/α-hetero) is 1. The van der Waals surface area contributed by atoms with E-state index in [1.54, 1.807) is 0 Å². The highest BCUT2D eigenvalue weighted by Crippen LogP contribution is 2.36. The van der Waals surface area contributed by atoms with Crippen molar-refractivity contribution in [2.45, 2.75) is 6.42 Å². The number of hydrogen-bond donors (Lipinski definition) is 0. The van der Waals surface area contributed by atoms with Crippen molar-refractivity contribution >= 4 is 35.4 Å². The number of amides is 1. The maximum absolute atomic E-state index is 11.9. The van der Waals surface area contributed by atoms with Crippen molar-refractivity contribution in [1.82, 2.24) is 0 Å². The Balaban J connectivity index is 2.33. The van der Waals surface area contributed by atoms with E-state index in [0.29, 0.717) is 5.71 Å². The summed E-state index contributed by atoms with van der Waals surface area (Å²) >= 11 is 0. The Morgan fingerprint density at radius 2 is 2.00 bits per heavy atom. The molecule has 0 N–H and O–H groups in total. The predicted octanol–water partition coefficient (Wildman–Crippen LogP) is -0.508. The summed E-state index contributed by atoms with van der Waals surface area (Å²) in [6.07, 6.45) is 3.57. The topological polar surface area (TPSA) is 88.3 Å². The molecule has 1 amide bonds. The van der Waals surface area contributed by atoms with Gasteiger partial charge in [0.05, 0.1) is 12.1 Å². The van der Waals surface area contributed by atoms with E-state index in [9.17, 15) is 14.4 Å². The van der Waals surface area contributed by atoms with Gasteiger partial charge in [-0.15, -0.1) is 0 Å². The SMILES string of the molecule is O=C1CC(=O)C23C(=O)C=CC2=NC=NC3=N1. The molecule has 3 aliphatic rings. The van der Waals surface area contributed by atoms with Crippen LogP contribution in [0, 0.1) is 5.41 Å². The van der Waals surface area contributed by atoms with Crippen molar-refractivity contribution in [3.05, 3.63) is 12.2 Å². The Labute approximate surface area is 89.5 Å². The Morgan fingerprint density at radius 3 is 2.81 bits per heavy atom. The van der Waals surface area contributed by atoms with Crippen molar-refractivity contribution in [2.24, 2.45) is 20.4 Å². The molecule has 2 aliphatic heterocycles. The minimum absolute atomic E-state index is 0.0475. The number of ketones is 2. The Hall–Kier alpha value is -2.24. The average molecular weight is 215 g/mol. The van der Waals surface area contributed by atoms with Crippen LogP contribution in [-0.2, 0) is 14.4 Å². The molecule has 0 aromatic rings. The van der Waals surface area contributed by atoms with Crippen molar-refractivity contribution < 1.29 is 14.4 Å². The number of hydrogen-bond acceptors (Lipinski definition) is 5. The summed E-state index contributed by atoms with van der Waals surface area (Å²) in [5, 5.41) is 0. The molecule has 0 aromatic carbocycles. The highest BCUT2D eigenvalue weighted by molar-refractivity contribution is 6.52. The van der Waals surface area contributed by atoms with E-state index in [1.807, 2.05) is 0 Å². The molecule has 2 heterocycles. The Bertz CT molecular complexity index is 568. The van der Waals surface area contributed by atoms with E-state index in [0.717, 1.165) is 0 Å². The van der Waals surface area contributed by atoms with E-state index >= 15 is 0 Å². The van der Waals surface area contributed by atoms with Gasteiger partial charge in [0.2, 0.25) is 0 Å². The number of carbonyl (C=O) groups excluding carboxylic acids is 3. The van der Waals surface area contributed by atoms with Crippen LogP contribution in [0.25, 0.3) is 0 Å². The third kappa shape index (κ3) is 0.820. The fraction of sp³-hybridized carbons (Fsp3) is 0.200. The highest BCUT2D eigenvalue weighted by atomic mass is 16.2. The summed E-state index contributed by atoms with van der Waals surface area (Å²) < 4.78 is 0. The van der Waals surface area contributed by atoms with E-state index < -0.39 is 22.9 Å².